The third kappa shape index (κ3) is 3.93. The van der Waals surface area contributed by atoms with Crippen LogP contribution in [0.4, 0.5) is 0 Å². The van der Waals surface area contributed by atoms with Gasteiger partial charge in [-0.05, 0) is 13.8 Å². The van der Waals surface area contributed by atoms with Crippen LogP contribution in [0, 0.1) is 12.3 Å². The molecular weight excluding hydrogens is 260 g/mol. The Labute approximate surface area is 118 Å². The molecule has 0 unspecified atom stereocenters. The number of amides is 3. The fourth-order valence-corrected chi connectivity index (χ4v) is 1.66. The number of hydrogen-bond donors (Lipinski definition) is 1. The van der Waals surface area contributed by atoms with Crippen molar-refractivity contribution in [3.05, 3.63) is 11.1 Å². The highest BCUT2D eigenvalue weighted by molar-refractivity contribution is 6.19. The molecule has 1 aliphatic heterocycles. The topological polar surface area (TPSA) is 75.7 Å². The number of imide groups is 1. The van der Waals surface area contributed by atoms with Crippen molar-refractivity contribution in [1.82, 2.24) is 10.2 Å². The van der Waals surface area contributed by atoms with Crippen LogP contribution in [0.5, 0.6) is 0 Å². The molecule has 0 saturated heterocycles. The van der Waals surface area contributed by atoms with E-state index in [2.05, 4.69) is 11.2 Å². The summed E-state index contributed by atoms with van der Waals surface area (Å²) in [6.45, 7) is 3.98. The normalized spacial score (nSPS) is 14.8. The molecule has 1 aliphatic rings. The van der Waals surface area contributed by atoms with E-state index >= 15 is 0 Å². The van der Waals surface area contributed by atoms with E-state index in [-0.39, 0.29) is 6.54 Å². The lowest BCUT2D eigenvalue weighted by Crippen LogP contribution is -2.42. The van der Waals surface area contributed by atoms with Gasteiger partial charge in [0.2, 0.25) is 5.91 Å². The van der Waals surface area contributed by atoms with Gasteiger partial charge in [0.05, 0.1) is 13.2 Å². The number of nitrogens with zero attached hydrogens (tertiary/aromatic N) is 1. The number of terminal acetylenes is 1. The van der Waals surface area contributed by atoms with Gasteiger partial charge in [0.1, 0.15) is 6.54 Å². The van der Waals surface area contributed by atoms with Crippen molar-refractivity contribution in [3.63, 3.8) is 0 Å². The van der Waals surface area contributed by atoms with E-state index in [4.69, 9.17) is 11.2 Å². The molecule has 0 spiro atoms. The quantitative estimate of drug-likeness (QED) is 0.399. The zero-order chi connectivity index (χ0) is 15.1. The van der Waals surface area contributed by atoms with E-state index in [9.17, 15) is 14.4 Å². The second kappa shape index (κ2) is 7.46. The van der Waals surface area contributed by atoms with Crippen LogP contribution in [-0.2, 0) is 19.1 Å². The van der Waals surface area contributed by atoms with Crippen LogP contribution in [0.25, 0.3) is 0 Å². The molecule has 0 radical (unpaired) electrons. The Hall–Kier alpha value is -2.13. The lowest BCUT2D eigenvalue weighted by atomic mass is 10.2. The molecule has 6 nitrogen and oxygen atoms in total. The van der Waals surface area contributed by atoms with Crippen LogP contribution < -0.4 is 5.32 Å². The lowest BCUT2D eigenvalue weighted by Gasteiger charge is -2.14. The first kappa shape index (κ1) is 15.9. The highest BCUT2D eigenvalue weighted by Gasteiger charge is 2.34. The maximum Gasteiger partial charge on any atom is 0.257 e. The van der Waals surface area contributed by atoms with Crippen LogP contribution >= 0.6 is 0 Å². The van der Waals surface area contributed by atoms with Crippen molar-refractivity contribution in [1.29, 1.82) is 0 Å². The van der Waals surface area contributed by atoms with Gasteiger partial charge < -0.3 is 10.1 Å². The summed E-state index contributed by atoms with van der Waals surface area (Å²) in [5, 5.41) is 2.58. The number of rotatable bonds is 7. The highest BCUT2D eigenvalue weighted by atomic mass is 16.5. The molecule has 0 aromatic rings. The monoisotopic (exact) mass is 278 g/mol. The largest absolute Gasteiger partial charge is 0.379 e. The molecule has 6 heteroatoms. The summed E-state index contributed by atoms with van der Waals surface area (Å²) < 4.78 is 5.16. The van der Waals surface area contributed by atoms with E-state index in [1.54, 1.807) is 13.8 Å². The number of carbonyl (C=O) groups excluding carboxylic acids is 3. The molecule has 0 atom stereocenters. The Kier molecular flexibility index (Phi) is 5.94. The highest BCUT2D eigenvalue weighted by Crippen LogP contribution is 2.18. The molecule has 108 valence electrons. The fourth-order valence-electron chi connectivity index (χ4n) is 1.66. The van der Waals surface area contributed by atoms with Crippen LogP contribution in [0.2, 0.25) is 0 Å². The van der Waals surface area contributed by atoms with E-state index < -0.39 is 17.7 Å². The predicted molar refractivity (Wildman–Crippen MR) is 72.4 cm³/mol. The Morgan fingerprint density at radius 2 is 1.85 bits per heavy atom. The van der Waals surface area contributed by atoms with Crippen LogP contribution in [-0.4, -0.2) is 48.9 Å². The Bertz CT molecular complexity index is 464. The summed E-state index contributed by atoms with van der Waals surface area (Å²) in [5.74, 6) is 1.22. The first-order valence-corrected chi connectivity index (χ1v) is 6.30. The van der Waals surface area contributed by atoms with Crippen molar-refractivity contribution >= 4 is 17.7 Å². The van der Waals surface area contributed by atoms with Crippen molar-refractivity contribution in [2.24, 2.45) is 0 Å². The molecule has 1 N–H and O–H groups in total. The van der Waals surface area contributed by atoms with Gasteiger partial charge in [-0.2, -0.15) is 0 Å². The summed E-state index contributed by atoms with van der Waals surface area (Å²) in [4.78, 5) is 36.0. The van der Waals surface area contributed by atoms with E-state index in [1.807, 2.05) is 0 Å². The molecule has 3 amide bonds. The van der Waals surface area contributed by atoms with Gasteiger partial charge in [-0.1, -0.05) is 0 Å². The van der Waals surface area contributed by atoms with Gasteiger partial charge in [-0.3, -0.25) is 19.3 Å². The van der Waals surface area contributed by atoms with E-state index in [1.165, 1.54) is 0 Å². The summed E-state index contributed by atoms with van der Waals surface area (Å²) >= 11 is 0. The van der Waals surface area contributed by atoms with Crippen molar-refractivity contribution in [2.75, 3.05) is 26.3 Å². The first-order valence-electron chi connectivity index (χ1n) is 6.30. The molecule has 0 aromatic heterocycles. The second-order valence-electron chi connectivity index (χ2n) is 4.36. The minimum Gasteiger partial charge on any atom is -0.379 e. The van der Waals surface area contributed by atoms with E-state index in [0.717, 1.165) is 4.90 Å². The summed E-state index contributed by atoms with van der Waals surface area (Å²) in [7, 11) is 0. The molecule has 1 rings (SSSR count). The molecule has 1 heterocycles. The summed E-state index contributed by atoms with van der Waals surface area (Å²) in [6.07, 6.45) is 5.58. The van der Waals surface area contributed by atoms with Crippen LogP contribution in [0.15, 0.2) is 11.1 Å². The van der Waals surface area contributed by atoms with Gasteiger partial charge in [-0.25, -0.2) is 0 Å². The molecular formula is C14H18N2O4. The molecule has 0 saturated carbocycles. The van der Waals surface area contributed by atoms with Crippen molar-refractivity contribution in [3.8, 4) is 12.3 Å². The Morgan fingerprint density at radius 3 is 2.40 bits per heavy atom. The average molecular weight is 278 g/mol. The van der Waals surface area contributed by atoms with Gasteiger partial charge in [0.25, 0.3) is 11.8 Å². The molecule has 0 aliphatic carbocycles. The SMILES string of the molecule is C#CCCOCCNC(=O)CN1C(=O)C(C)=C(C)C1=O. The van der Waals surface area contributed by atoms with Gasteiger partial charge in [0.15, 0.2) is 0 Å². The van der Waals surface area contributed by atoms with Crippen LogP contribution in [0.1, 0.15) is 20.3 Å². The van der Waals surface area contributed by atoms with Crippen molar-refractivity contribution in [2.45, 2.75) is 20.3 Å². The number of hydrogen-bond acceptors (Lipinski definition) is 4. The number of carbonyl (C=O) groups is 3. The fraction of sp³-hybridized carbons (Fsp3) is 0.500. The van der Waals surface area contributed by atoms with Crippen molar-refractivity contribution < 1.29 is 19.1 Å². The lowest BCUT2D eigenvalue weighted by molar-refractivity contribution is -0.141. The molecule has 0 bridgehead atoms. The smallest absolute Gasteiger partial charge is 0.257 e. The molecule has 0 aromatic carbocycles. The minimum absolute atomic E-state index is 0.267. The predicted octanol–water partition coefficient (Wildman–Crippen LogP) is -0.152. The average Bonchev–Trinajstić information content (AvgIpc) is 2.60. The maximum absolute atomic E-state index is 11.7. The standard InChI is InChI=1S/C14H18N2O4/c1-4-5-7-20-8-6-15-12(17)9-16-13(18)10(2)11(3)14(16)19/h1H,5-9H2,2-3H3,(H,15,17). The zero-order valence-corrected chi connectivity index (χ0v) is 11.7. The third-order valence-corrected chi connectivity index (χ3v) is 2.96. The first-order chi connectivity index (χ1) is 9.49. The molecule has 0 fully saturated rings. The Balaban J connectivity index is 2.29. The molecule has 20 heavy (non-hydrogen) atoms. The van der Waals surface area contributed by atoms with Gasteiger partial charge >= 0.3 is 0 Å². The summed E-state index contributed by atoms with van der Waals surface area (Å²) in [5.41, 5.74) is 0.779. The van der Waals surface area contributed by atoms with Gasteiger partial charge in [-0.15, -0.1) is 12.3 Å². The Morgan fingerprint density at radius 1 is 1.25 bits per heavy atom. The number of nitrogens with one attached hydrogen (secondary N) is 1. The zero-order valence-electron chi connectivity index (χ0n) is 11.7. The number of ether oxygens (including phenoxy) is 1. The maximum atomic E-state index is 11.7. The van der Waals surface area contributed by atoms with Crippen LogP contribution in [0.3, 0.4) is 0 Å². The van der Waals surface area contributed by atoms with E-state index in [0.29, 0.717) is 37.3 Å². The van der Waals surface area contributed by atoms with Gasteiger partial charge in [0, 0.05) is 24.1 Å². The third-order valence-electron chi connectivity index (χ3n) is 2.96. The minimum atomic E-state index is -0.409. The summed E-state index contributed by atoms with van der Waals surface area (Å²) in [6, 6.07) is 0. The second-order valence-corrected chi connectivity index (χ2v) is 4.36.